The summed E-state index contributed by atoms with van der Waals surface area (Å²) in [5.41, 5.74) is 0. The van der Waals surface area contributed by atoms with E-state index in [4.69, 9.17) is 4.74 Å². The Morgan fingerprint density at radius 1 is 1.31 bits per heavy atom. The van der Waals surface area contributed by atoms with Gasteiger partial charge < -0.3 is 0 Å². The van der Waals surface area contributed by atoms with Crippen LogP contribution in [0.4, 0.5) is 0 Å². The van der Waals surface area contributed by atoms with Gasteiger partial charge in [0.1, 0.15) is 0 Å². The quantitative estimate of drug-likeness (QED) is 0.602. The second-order valence-electron chi connectivity index (χ2n) is 4.00. The zero-order valence-electron chi connectivity index (χ0n) is 9.25. The summed E-state index contributed by atoms with van der Waals surface area (Å²) in [5, 5.41) is 0. The van der Waals surface area contributed by atoms with E-state index in [0.717, 1.165) is 6.61 Å². The average molecular weight is 177 g/mol. The Morgan fingerprint density at radius 3 is 2.46 bits per heavy atom. The third-order valence-electron chi connectivity index (χ3n) is 3.08. The molecule has 1 saturated heterocycles. The molecule has 72 valence electrons. The van der Waals surface area contributed by atoms with E-state index in [-0.39, 0.29) is 0 Å². The molecule has 1 aliphatic rings. The van der Waals surface area contributed by atoms with Crippen LogP contribution in [0.3, 0.4) is 0 Å². The van der Waals surface area contributed by atoms with Crippen LogP contribution in [0.1, 0.15) is 33.1 Å². The van der Waals surface area contributed by atoms with Gasteiger partial charge in [-0.15, -0.1) is 0 Å². The second kappa shape index (κ2) is 6.09. The number of likely N-dealkylation sites (tertiary alicyclic amines) is 1. The number of rotatable bonds is 4. The van der Waals surface area contributed by atoms with Gasteiger partial charge in [-0.05, 0) is 0 Å². The molecule has 0 bridgehead atoms. The van der Waals surface area contributed by atoms with E-state index >= 15 is 0 Å². The molecule has 2 nitrogen and oxygen atoms in total. The van der Waals surface area contributed by atoms with E-state index in [1.807, 2.05) is 0 Å². The van der Waals surface area contributed by atoms with Crippen LogP contribution < -0.4 is 0 Å². The van der Waals surface area contributed by atoms with E-state index in [9.17, 15) is 0 Å². The summed E-state index contributed by atoms with van der Waals surface area (Å²) >= 11 is 2.18. The maximum atomic E-state index is 5.62. The minimum absolute atomic E-state index is 0.378. The van der Waals surface area contributed by atoms with Crippen molar-refractivity contribution in [1.82, 2.24) is 4.90 Å². The van der Waals surface area contributed by atoms with Crippen LogP contribution in [0.25, 0.3) is 0 Å². The van der Waals surface area contributed by atoms with Gasteiger partial charge in [0.2, 0.25) is 0 Å². The fourth-order valence-electron chi connectivity index (χ4n) is 2.02. The molecule has 0 amide bonds. The van der Waals surface area contributed by atoms with Gasteiger partial charge in [-0.3, -0.25) is 0 Å². The van der Waals surface area contributed by atoms with Crippen molar-refractivity contribution in [3.63, 3.8) is 0 Å². The van der Waals surface area contributed by atoms with E-state index in [2.05, 4.69) is 36.5 Å². The first-order chi connectivity index (χ1) is 6.25. The molecule has 0 N–H and O–H groups in total. The van der Waals surface area contributed by atoms with Crippen molar-refractivity contribution in [3.8, 4) is 0 Å². The molecule has 2 atom stereocenters. The van der Waals surface area contributed by atoms with Crippen molar-refractivity contribution in [3.05, 3.63) is 0 Å². The molecule has 13 heavy (non-hydrogen) atoms. The Balaban J connectivity index is 2.31. The molecular weight excluding hydrogens is 157 g/mol. The first-order valence-electron chi connectivity index (χ1n) is 5.61. The second-order valence-corrected chi connectivity index (χ2v) is 4.00. The molecule has 3 heteroatoms. The van der Waals surface area contributed by atoms with Crippen molar-refractivity contribution in [1.29, 1.82) is 0 Å². The molecule has 0 aromatic carbocycles. The zero-order valence-corrected chi connectivity index (χ0v) is 9.25. The summed E-state index contributed by atoms with van der Waals surface area (Å²) in [6, 6.07) is 0.584. The van der Waals surface area contributed by atoms with Crippen LogP contribution in [0.2, 0.25) is 0 Å². The van der Waals surface area contributed by atoms with Gasteiger partial charge in [0.25, 0.3) is 0 Å². The van der Waals surface area contributed by atoms with Crippen molar-refractivity contribution in [2.24, 2.45) is 0 Å². The molecule has 1 aliphatic heterocycles. The first kappa shape index (κ1) is 11.6. The molecule has 0 radical (unpaired) electrons. The molecule has 1 heterocycles. The molecule has 0 spiro atoms. The predicted molar refractivity (Wildman–Crippen MR) is 56.1 cm³/mol. The maximum absolute atomic E-state index is 5.62. The van der Waals surface area contributed by atoms with Gasteiger partial charge in [0.05, 0.1) is 0 Å². The Labute approximate surface area is 91.2 Å². The van der Waals surface area contributed by atoms with Gasteiger partial charge in [0, 0.05) is 0 Å². The number of hydrogen-bond acceptors (Lipinski definition) is 2. The van der Waals surface area contributed by atoms with E-state index in [1.54, 1.807) is 0 Å². The Kier molecular flexibility index (Phi) is 5.43. The third-order valence-corrected chi connectivity index (χ3v) is 3.08. The zero-order chi connectivity index (χ0) is 9.68. The molecule has 0 aliphatic carbocycles. The summed E-state index contributed by atoms with van der Waals surface area (Å²) in [5.74, 6) is 0. The van der Waals surface area contributed by atoms with Crippen LogP contribution in [0.15, 0.2) is 0 Å². The predicted octanol–water partition coefficient (Wildman–Crippen LogP) is 1.39. The average Bonchev–Trinajstić information content (AvgIpc) is 2.18. The fourth-order valence-corrected chi connectivity index (χ4v) is 2.02. The number of ether oxygens (including phenoxy) is 1. The molecule has 1 rings (SSSR count). The third kappa shape index (κ3) is 3.63. The number of nitrogens with zero attached hydrogens (tertiary/aromatic N) is 1. The van der Waals surface area contributed by atoms with Gasteiger partial charge in [-0.25, -0.2) is 0 Å². The number of piperidine rings is 1. The summed E-state index contributed by atoms with van der Waals surface area (Å²) in [4.78, 5) is 2.56. The van der Waals surface area contributed by atoms with Gasteiger partial charge in [-0.1, -0.05) is 0 Å². The van der Waals surface area contributed by atoms with Crippen molar-refractivity contribution < 1.29 is 4.74 Å². The monoisotopic (exact) mass is 177 g/mol. The summed E-state index contributed by atoms with van der Waals surface area (Å²) in [7, 11) is 0. The summed E-state index contributed by atoms with van der Waals surface area (Å²) < 4.78 is 5.99. The molecular formula is C10H20LiNO. The Morgan fingerprint density at radius 2 is 1.92 bits per heavy atom. The van der Waals surface area contributed by atoms with Crippen LogP contribution in [-0.4, -0.2) is 53.1 Å². The van der Waals surface area contributed by atoms with Crippen LogP contribution in [-0.2, 0) is 4.74 Å². The van der Waals surface area contributed by atoms with E-state index < -0.39 is 0 Å². The molecule has 2 unspecified atom stereocenters. The van der Waals surface area contributed by atoms with E-state index in [0.29, 0.717) is 10.8 Å². The fraction of sp³-hybridized carbons (Fsp3) is 1.00. The normalized spacial score (nSPS) is 24.3. The Bertz CT molecular complexity index is 137. The van der Waals surface area contributed by atoms with Crippen LogP contribution >= 0.6 is 0 Å². The first-order valence-corrected chi connectivity index (χ1v) is 5.61. The summed E-state index contributed by atoms with van der Waals surface area (Å²) in [6.45, 7) is 7.71. The standard InChI is InChI=1S/C10H20NO.Li/c1-3-12-9-10(2)11-7-5-4-6-8-11;/h9-10H,3-8H2,1-2H3;. The SMILES string of the molecule is [Li][CH](OCC)C(C)N1CCCCC1. The number of hydrogen-bond donors (Lipinski definition) is 0. The van der Waals surface area contributed by atoms with E-state index in [1.165, 1.54) is 32.4 Å². The molecule has 1 fully saturated rings. The molecule has 0 aromatic rings. The van der Waals surface area contributed by atoms with Crippen LogP contribution in [0.5, 0.6) is 0 Å². The van der Waals surface area contributed by atoms with Gasteiger partial charge in [-0.2, -0.15) is 0 Å². The van der Waals surface area contributed by atoms with Gasteiger partial charge >= 0.3 is 91.0 Å². The van der Waals surface area contributed by atoms with Crippen molar-refractivity contribution in [2.45, 2.75) is 43.9 Å². The van der Waals surface area contributed by atoms with Crippen molar-refractivity contribution in [2.75, 3.05) is 19.7 Å². The van der Waals surface area contributed by atoms with Crippen molar-refractivity contribution >= 4 is 17.7 Å². The summed E-state index contributed by atoms with van der Waals surface area (Å²) in [6.07, 6.45) is 4.14. The van der Waals surface area contributed by atoms with Crippen LogP contribution in [0, 0.1) is 0 Å². The Hall–Kier alpha value is 0.517. The minimum atomic E-state index is 0.378. The molecule has 0 saturated carbocycles. The van der Waals surface area contributed by atoms with Gasteiger partial charge in [0.15, 0.2) is 0 Å². The molecule has 0 aromatic heterocycles. The topological polar surface area (TPSA) is 12.5 Å².